The van der Waals surface area contributed by atoms with E-state index in [0.29, 0.717) is 25.9 Å². The molecule has 0 bridgehead atoms. The lowest BCUT2D eigenvalue weighted by molar-refractivity contribution is -0.186. The number of hydrogen-bond acceptors (Lipinski definition) is 3. The molecule has 1 heterocycles. The van der Waals surface area contributed by atoms with E-state index < -0.39 is 23.8 Å². The quantitative estimate of drug-likeness (QED) is 0.786. The Morgan fingerprint density at radius 1 is 1.25 bits per heavy atom. The van der Waals surface area contributed by atoms with Gasteiger partial charge in [-0.05, 0) is 45.4 Å². The summed E-state index contributed by atoms with van der Waals surface area (Å²) in [5.74, 6) is -1.83. The monoisotopic (exact) mass is 350 g/mol. The van der Waals surface area contributed by atoms with Crippen LogP contribution in [-0.2, 0) is 9.53 Å². The van der Waals surface area contributed by atoms with Gasteiger partial charge < -0.3 is 14.5 Å². The number of halogens is 3. The van der Waals surface area contributed by atoms with E-state index in [9.17, 15) is 22.8 Å². The van der Waals surface area contributed by atoms with Crippen molar-refractivity contribution in [3.63, 3.8) is 0 Å². The highest BCUT2D eigenvalue weighted by Crippen LogP contribution is 2.38. The van der Waals surface area contributed by atoms with E-state index in [2.05, 4.69) is 0 Å². The van der Waals surface area contributed by atoms with Crippen molar-refractivity contribution in [2.24, 2.45) is 11.8 Å². The van der Waals surface area contributed by atoms with Crippen LogP contribution in [0.1, 0.15) is 40.5 Å². The van der Waals surface area contributed by atoms with Gasteiger partial charge >= 0.3 is 18.2 Å². The highest BCUT2D eigenvalue weighted by Gasteiger charge is 2.50. The summed E-state index contributed by atoms with van der Waals surface area (Å²) in [4.78, 5) is 26.2. The molecule has 138 valence electrons. The maximum absolute atomic E-state index is 12.8. The van der Waals surface area contributed by atoms with Crippen molar-refractivity contribution < 1.29 is 27.5 Å². The summed E-state index contributed by atoms with van der Waals surface area (Å²) < 4.78 is 43.7. The van der Waals surface area contributed by atoms with Crippen LogP contribution in [0.5, 0.6) is 0 Å². The SMILES string of the molecule is C[C@@H]1C[C@H]1N(C[C@H]1CCN(C(=O)OC(C)(C)C)C1)C(=O)C(F)(F)F. The second kappa shape index (κ2) is 6.44. The van der Waals surface area contributed by atoms with Gasteiger partial charge in [0.25, 0.3) is 0 Å². The lowest BCUT2D eigenvalue weighted by atomic mass is 10.1. The van der Waals surface area contributed by atoms with E-state index in [1.807, 2.05) is 6.92 Å². The van der Waals surface area contributed by atoms with Crippen LogP contribution in [0.15, 0.2) is 0 Å². The number of alkyl halides is 3. The zero-order valence-corrected chi connectivity index (χ0v) is 14.5. The third-order valence-corrected chi connectivity index (χ3v) is 4.36. The Bertz CT molecular complexity index is 502. The minimum Gasteiger partial charge on any atom is -0.444 e. The first kappa shape index (κ1) is 18.9. The number of amides is 2. The van der Waals surface area contributed by atoms with Crippen LogP contribution in [0, 0.1) is 11.8 Å². The molecule has 3 atom stereocenters. The van der Waals surface area contributed by atoms with E-state index in [-0.39, 0.29) is 24.4 Å². The first-order valence-electron chi connectivity index (χ1n) is 8.24. The number of nitrogens with zero attached hydrogens (tertiary/aromatic N) is 2. The van der Waals surface area contributed by atoms with Gasteiger partial charge in [-0.15, -0.1) is 0 Å². The van der Waals surface area contributed by atoms with E-state index in [0.717, 1.165) is 4.90 Å². The van der Waals surface area contributed by atoms with Gasteiger partial charge in [-0.3, -0.25) is 4.79 Å². The van der Waals surface area contributed by atoms with Crippen LogP contribution >= 0.6 is 0 Å². The van der Waals surface area contributed by atoms with Crippen molar-refractivity contribution >= 4 is 12.0 Å². The van der Waals surface area contributed by atoms with Gasteiger partial charge in [0.05, 0.1) is 0 Å². The van der Waals surface area contributed by atoms with Gasteiger partial charge in [-0.1, -0.05) is 6.92 Å². The molecule has 1 saturated carbocycles. The van der Waals surface area contributed by atoms with Crippen LogP contribution in [0.2, 0.25) is 0 Å². The van der Waals surface area contributed by atoms with Crippen molar-refractivity contribution in [2.45, 2.75) is 58.4 Å². The maximum Gasteiger partial charge on any atom is 0.471 e. The molecule has 0 radical (unpaired) electrons. The fourth-order valence-electron chi connectivity index (χ4n) is 3.02. The standard InChI is InChI=1S/C16H25F3N2O3/c1-10-7-12(10)21(13(22)16(17,18)19)9-11-5-6-20(8-11)14(23)24-15(2,3)4/h10-12H,5-9H2,1-4H3/t10-,11+,12-/m1/s1. The van der Waals surface area contributed by atoms with Crippen molar-refractivity contribution in [1.29, 1.82) is 0 Å². The first-order valence-corrected chi connectivity index (χ1v) is 8.24. The number of carbonyl (C=O) groups is 2. The summed E-state index contributed by atoms with van der Waals surface area (Å²) >= 11 is 0. The lowest BCUT2D eigenvalue weighted by Crippen LogP contribution is -2.46. The Morgan fingerprint density at radius 3 is 2.29 bits per heavy atom. The molecule has 0 aromatic heterocycles. The predicted octanol–water partition coefficient (Wildman–Crippen LogP) is 3.04. The average Bonchev–Trinajstić information content (AvgIpc) is 2.95. The van der Waals surface area contributed by atoms with Crippen LogP contribution in [0.4, 0.5) is 18.0 Å². The fraction of sp³-hybridized carbons (Fsp3) is 0.875. The molecule has 5 nitrogen and oxygen atoms in total. The number of likely N-dealkylation sites (tertiary alicyclic amines) is 1. The van der Waals surface area contributed by atoms with Gasteiger partial charge in [0.1, 0.15) is 5.60 Å². The normalized spacial score (nSPS) is 27.1. The number of rotatable bonds is 3. The summed E-state index contributed by atoms with van der Waals surface area (Å²) in [6, 6.07) is -0.338. The minimum absolute atomic E-state index is 0.0344. The molecule has 1 aliphatic carbocycles. The molecule has 2 amide bonds. The van der Waals surface area contributed by atoms with Crippen LogP contribution in [0.3, 0.4) is 0 Å². The van der Waals surface area contributed by atoms with Crippen LogP contribution in [-0.4, -0.2) is 59.3 Å². The molecule has 1 saturated heterocycles. The summed E-state index contributed by atoms with van der Waals surface area (Å²) in [5, 5.41) is 0. The van der Waals surface area contributed by atoms with Crippen molar-refractivity contribution in [3.05, 3.63) is 0 Å². The predicted molar refractivity (Wildman–Crippen MR) is 81.3 cm³/mol. The topological polar surface area (TPSA) is 49.9 Å². The second-order valence-corrected chi connectivity index (χ2v) is 7.82. The third-order valence-electron chi connectivity index (χ3n) is 4.36. The Balaban J connectivity index is 1.94. The van der Waals surface area contributed by atoms with E-state index in [1.54, 1.807) is 20.8 Å². The zero-order valence-electron chi connectivity index (χ0n) is 14.5. The van der Waals surface area contributed by atoms with Crippen molar-refractivity contribution in [2.75, 3.05) is 19.6 Å². The summed E-state index contributed by atoms with van der Waals surface area (Å²) in [6.45, 7) is 7.91. The molecule has 1 aliphatic heterocycles. The molecule has 2 rings (SSSR count). The summed E-state index contributed by atoms with van der Waals surface area (Å²) in [6.07, 6.45) is -4.14. The van der Waals surface area contributed by atoms with Gasteiger partial charge in [0, 0.05) is 25.7 Å². The van der Waals surface area contributed by atoms with E-state index >= 15 is 0 Å². The minimum atomic E-state index is -4.86. The Hall–Kier alpha value is -1.47. The molecule has 0 unspecified atom stereocenters. The first-order chi connectivity index (χ1) is 10.9. The molecule has 0 aromatic carbocycles. The molecule has 24 heavy (non-hydrogen) atoms. The van der Waals surface area contributed by atoms with Gasteiger partial charge in [-0.25, -0.2) is 4.79 Å². The molecule has 0 spiro atoms. The largest absolute Gasteiger partial charge is 0.471 e. The van der Waals surface area contributed by atoms with Gasteiger partial charge in [0.2, 0.25) is 0 Å². The maximum atomic E-state index is 12.8. The fourth-order valence-corrected chi connectivity index (χ4v) is 3.02. The second-order valence-electron chi connectivity index (χ2n) is 7.82. The molecule has 0 aromatic rings. The lowest BCUT2D eigenvalue weighted by Gasteiger charge is -2.27. The van der Waals surface area contributed by atoms with Crippen LogP contribution in [0.25, 0.3) is 0 Å². The smallest absolute Gasteiger partial charge is 0.444 e. The molecular formula is C16H25F3N2O3. The Labute approximate surface area is 140 Å². The Morgan fingerprint density at radius 2 is 1.83 bits per heavy atom. The van der Waals surface area contributed by atoms with Gasteiger partial charge in [0.15, 0.2) is 0 Å². The van der Waals surface area contributed by atoms with E-state index in [4.69, 9.17) is 4.74 Å². The summed E-state index contributed by atoms with van der Waals surface area (Å²) in [7, 11) is 0. The highest BCUT2D eigenvalue weighted by molar-refractivity contribution is 5.82. The third kappa shape index (κ3) is 4.77. The number of carbonyl (C=O) groups excluding carboxylic acids is 2. The molecular weight excluding hydrogens is 325 g/mol. The molecule has 8 heteroatoms. The zero-order chi connectivity index (χ0) is 18.3. The van der Waals surface area contributed by atoms with Crippen molar-refractivity contribution in [3.8, 4) is 0 Å². The number of ether oxygens (including phenoxy) is 1. The van der Waals surface area contributed by atoms with Crippen LogP contribution < -0.4 is 0 Å². The highest BCUT2D eigenvalue weighted by atomic mass is 19.4. The molecule has 0 N–H and O–H groups in total. The Kier molecular flexibility index (Phi) is 5.06. The van der Waals surface area contributed by atoms with E-state index in [1.165, 1.54) is 4.90 Å². The summed E-state index contributed by atoms with van der Waals surface area (Å²) in [5.41, 5.74) is -0.614. The average molecular weight is 350 g/mol. The van der Waals surface area contributed by atoms with Gasteiger partial charge in [-0.2, -0.15) is 13.2 Å². The molecule has 2 fully saturated rings. The molecule has 2 aliphatic rings. The van der Waals surface area contributed by atoms with Crippen molar-refractivity contribution in [1.82, 2.24) is 9.80 Å². The number of hydrogen-bond donors (Lipinski definition) is 0.